The molecule has 1 saturated heterocycles. The van der Waals surface area contributed by atoms with Crippen LogP contribution in [0.1, 0.15) is 12.5 Å². The minimum absolute atomic E-state index is 0.0481. The third-order valence-corrected chi connectivity index (χ3v) is 4.35. The first-order chi connectivity index (χ1) is 12.5. The molecule has 1 aliphatic heterocycles. The zero-order chi connectivity index (χ0) is 18.7. The zero-order valence-corrected chi connectivity index (χ0v) is 15.9. The maximum atomic E-state index is 12.6. The van der Waals surface area contributed by atoms with Crippen LogP contribution in [-0.4, -0.2) is 25.5 Å². The van der Waals surface area contributed by atoms with Crippen LogP contribution in [0.2, 0.25) is 0 Å². The Kier molecular flexibility index (Phi) is 5.27. The number of hydrogen-bond acceptors (Lipinski definition) is 4. The minimum atomic E-state index is -0.456. The van der Waals surface area contributed by atoms with Crippen molar-refractivity contribution in [3.05, 3.63) is 58.1 Å². The highest BCUT2D eigenvalue weighted by Gasteiger charge is 2.34. The van der Waals surface area contributed by atoms with Gasteiger partial charge in [0.15, 0.2) is 11.5 Å². The van der Waals surface area contributed by atoms with E-state index in [0.717, 1.165) is 0 Å². The van der Waals surface area contributed by atoms with E-state index in [1.54, 1.807) is 36.4 Å². The summed E-state index contributed by atoms with van der Waals surface area (Å²) in [6, 6.07) is 12.4. The lowest BCUT2D eigenvalue weighted by Crippen LogP contribution is -2.35. The molecule has 0 aromatic heterocycles. The highest BCUT2D eigenvalue weighted by atomic mass is 79.9. The Hall–Kier alpha value is -2.80. The number of rotatable bonds is 5. The molecule has 0 saturated carbocycles. The Morgan fingerprint density at radius 3 is 2.58 bits per heavy atom. The average molecular weight is 417 g/mol. The van der Waals surface area contributed by atoms with E-state index in [0.29, 0.717) is 33.8 Å². The van der Waals surface area contributed by atoms with Crippen molar-refractivity contribution in [3.8, 4) is 11.5 Å². The standard InChI is InChI=1S/C19H17BrN2O4/c1-3-26-17-15(20)10-12(11-16(17)25-2)9-14-18(23)21-22(19(14)24)13-7-5-4-6-8-13/h4-11H,3H2,1-2H3,(H,21,23)/b14-9+. The number of halogens is 1. The molecule has 1 N–H and O–H groups in total. The second-order valence-electron chi connectivity index (χ2n) is 5.44. The summed E-state index contributed by atoms with van der Waals surface area (Å²) in [7, 11) is 1.53. The van der Waals surface area contributed by atoms with Crippen LogP contribution in [0.4, 0.5) is 5.69 Å². The number of carbonyl (C=O) groups excluding carboxylic acids is 2. The van der Waals surface area contributed by atoms with Crippen molar-refractivity contribution in [1.29, 1.82) is 0 Å². The van der Waals surface area contributed by atoms with Gasteiger partial charge < -0.3 is 9.47 Å². The van der Waals surface area contributed by atoms with Crippen molar-refractivity contribution in [2.24, 2.45) is 0 Å². The van der Waals surface area contributed by atoms with Gasteiger partial charge in [-0.15, -0.1) is 0 Å². The smallest absolute Gasteiger partial charge is 0.282 e. The molecule has 2 aromatic carbocycles. The third kappa shape index (κ3) is 3.43. The summed E-state index contributed by atoms with van der Waals surface area (Å²) in [6.45, 7) is 2.36. The van der Waals surface area contributed by atoms with E-state index in [1.165, 1.54) is 18.2 Å². The molecule has 2 aromatic rings. The number of methoxy groups -OCH3 is 1. The number of carbonyl (C=O) groups is 2. The van der Waals surface area contributed by atoms with Gasteiger partial charge in [-0.05, 0) is 58.8 Å². The zero-order valence-electron chi connectivity index (χ0n) is 14.3. The van der Waals surface area contributed by atoms with Gasteiger partial charge >= 0.3 is 0 Å². The lowest BCUT2D eigenvalue weighted by atomic mass is 10.1. The van der Waals surface area contributed by atoms with E-state index < -0.39 is 11.8 Å². The molecule has 7 heteroatoms. The van der Waals surface area contributed by atoms with Crippen molar-refractivity contribution in [2.75, 3.05) is 18.7 Å². The van der Waals surface area contributed by atoms with E-state index in [9.17, 15) is 9.59 Å². The lowest BCUT2D eigenvalue weighted by Gasteiger charge is -2.14. The van der Waals surface area contributed by atoms with E-state index in [4.69, 9.17) is 9.47 Å². The molecule has 0 bridgehead atoms. The molecule has 1 fully saturated rings. The summed E-state index contributed by atoms with van der Waals surface area (Å²) in [5.41, 5.74) is 3.86. The summed E-state index contributed by atoms with van der Waals surface area (Å²) in [6.07, 6.45) is 1.53. The van der Waals surface area contributed by atoms with Gasteiger partial charge in [-0.3, -0.25) is 15.0 Å². The van der Waals surface area contributed by atoms with E-state index >= 15 is 0 Å². The van der Waals surface area contributed by atoms with Gasteiger partial charge in [0.05, 0.1) is 23.9 Å². The molecule has 0 atom stereocenters. The fourth-order valence-corrected chi connectivity index (χ4v) is 3.16. The fourth-order valence-electron chi connectivity index (χ4n) is 2.59. The number of nitrogens with zero attached hydrogens (tertiary/aromatic N) is 1. The van der Waals surface area contributed by atoms with Crippen molar-refractivity contribution >= 4 is 39.5 Å². The van der Waals surface area contributed by atoms with E-state index in [-0.39, 0.29) is 5.57 Å². The van der Waals surface area contributed by atoms with Crippen LogP contribution in [0.15, 0.2) is 52.5 Å². The number of ether oxygens (including phenoxy) is 2. The Bertz CT molecular complexity index is 881. The normalized spacial score (nSPS) is 15.3. The first-order valence-corrected chi connectivity index (χ1v) is 8.77. The molecule has 26 heavy (non-hydrogen) atoms. The van der Waals surface area contributed by atoms with Crippen LogP contribution < -0.4 is 19.9 Å². The molecule has 0 aliphatic carbocycles. The molecule has 1 aliphatic rings. The number of amides is 2. The number of nitrogens with one attached hydrogen (secondary N) is 1. The van der Waals surface area contributed by atoms with Crippen LogP contribution in [0.25, 0.3) is 6.08 Å². The maximum absolute atomic E-state index is 12.6. The number of hydrogen-bond donors (Lipinski definition) is 1. The van der Waals surface area contributed by atoms with Gasteiger partial charge in [0.25, 0.3) is 11.8 Å². The molecule has 0 radical (unpaired) electrons. The SMILES string of the molecule is CCOc1c(Br)cc(/C=C2\C(=O)NN(c3ccccc3)C2=O)cc1OC. The Morgan fingerprint density at radius 2 is 1.92 bits per heavy atom. The Labute approximate surface area is 159 Å². The Morgan fingerprint density at radius 1 is 1.19 bits per heavy atom. The molecule has 134 valence electrons. The monoisotopic (exact) mass is 416 g/mol. The summed E-state index contributed by atoms with van der Waals surface area (Å²) >= 11 is 3.44. The van der Waals surface area contributed by atoms with Crippen molar-refractivity contribution < 1.29 is 19.1 Å². The van der Waals surface area contributed by atoms with Crippen molar-refractivity contribution in [1.82, 2.24) is 5.43 Å². The number of benzene rings is 2. The van der Waals surface area contributed by atoms with Gasteiger partial charge in [-0.1, -0.05) is 18.2 Å². The third-order valence-electron chi connectivity index (χ3n) is 3.76. The van der Waals surface area contributed by atoms with Gasteiger partial charge in [-0.2, -0.15) is 0 Å². The predicted molar refractivity (Wildman–Crippen MR) is 102 cm³/mol. The van der Waals surface area contributed by atoms with Crippen molar-refractivity contribution in [2.45, 2.75) is 6.92 Å². The molecular weight excluding hydrogens is 400 g/mol. The van der Waals surface area contributed by atoms with Crippen LogP contribution >= 0.6 is 15.9 Å². The maximum Gasteiger partial charge on any atom is 0.282 e. The second kappa shape index (κ2) is 7.61. The summed E-state index contributed by atoms with van der Waals surface area (Å²) < 4.78 is 11.6. The van der Waals surface area contributed by atoms with Gasteiger partial charge in [0.2, 0.25) is 0 Å². The first kappa shape index (κ1) is 18.0. The molecule has 2 amide bonds. The topological polar surface area (TPSA) is 67.9 Å². The molecule has 1 heterocycles. The molecule has 0 spiro atoms. The quantitative estimate of drug-likeness (QED) is 0.599. The predicted octanol–water partition coefficient (Wildman–Crippen LogP) is 3.32. The summed E-state index contributed by atoms with van der Waals surface area (Å²) in [5.74, 6) is 0.220. The summed E-state index contributed by atoms with van der Waals surface area (Å²) in [5, 5.41) is 1.23. The highest BCUT2D eigenvalue weighted by Crippen LogP contribution is 2.37. The van der Waals surface area contributed by atoms with Crippen LogP contribution in [0.5, 0.6) is 11.5 Å². The van der Waals surface area contributed by atoms with Crippen LogP contribution in [0, 0.1) is 0 Å². The van der Waals surface area contributed by atoms with E-state index in [1.807, 2.05) is 13.0 Å². The number of hydrazine groups is 1. The largest absolute Gasteiger partial charge is 0.493 e. The fraction of sp³-hybridized carbons (Fsp3) is 0.158. The van der Waals surface area contributed by atoms with Gasteiger partial charge in [0, 0.05) is 0 Å². The molecule has 3 rings (SSSR count). The molecule has 0 unspecified atom stereocenters. The van der Waals surface area contributed by atoms with Gasteiger partial charge in [-0.25, -0.2) is 5.01 Å². The number of para-hydroxylation sites is 1. The lowest BCUT2D eigenvalue weighted by molar-refractivity contribution is -0.117. The second-order valence-corrected chi connectivity index (χ2v) is 6.30. The van der Waals surface area contributed by atoms with E-state index in [2.05, 4.69) is 21.4 Å². The van der Waals surface area contributed by atoms with Crippen LogP contribution in [0.3, 0.4) is 0 Å². The van der Waals surface area contributed by atoms with Crippen molar-refractivity contribution in [3.63, 3.8) is 0 Å². The van der Waals surface area contributed by atoms with Crippen LogP contribution in [-0.2, 0) is 9.59 Å². The first-order valence-electron chi connectivity index (χ1n) is 7.97. The minimum Gasteiger partial charge on any atom is -0.493 e. The number of anilines is 1. The Balaban J connectivity index is 1.96. The molecule has 6 nitrogen and oxygen atoms in total. The summed E-state index contributed by atoms with van der Waals surface area (Å²) in [4.78, 5) is 24.9. The average Bonchev–Trinajstić information content (AvgIpc) is 2.92. The highest BCUT2D eigenvalue weighted by molar-refractivity contribution is 9.10. The molecular formula is C19H17BrN2O4. The van der Waals surface area contributed by atoms with Gasteiger partial charge in [0.1, 0.15) is 5.57 Å².